The van der Waals surface area contributed by atoms with E-state index in [2.05, 4.69) is 38.1 Å². The summed E-state index contributed by atoms with van der Waals surface area (Å²) in [6.45, 7) is 2.87. The van der Waals surface area contributed by atoms with Gasteiger partial charge in [0.15, 0.2) is 0 Å². The van der Waals surface area contributed by atoms with Crippen LogP contribution < -0.4 is 15.8 Å². The molecule has 0 saturated heterocycles. The van der Waals surface area contributed by atoms with Crippen molar-refractivity contribution in [3.8, 4) is 11.6 Å². The molecule has 5 nitrogen and oxygen atoms in total. The van der Waals surface area contributed by atoms with Gasteiger partial charge in [0, 0.05) is 17.1 Å². The molecule has 3 N–H and O–H groups in total. The average molecular weight is 358 g/mol. The van der Waals surface area contributed by atoms with E-state index in [9.17, 15) is 0 Å². The van der Waals surface area contributed by atoms with E-state index in [4.69, 9.17) is 22.1 Å². The number of nitrogens with two attached hydrogens (primary N) is 1. The zero-order valence-electron chi connectivity index (χ0n) is 10.9. The topological polar surface area (TPSA) is 73.1 Å². The van der Waals surface area contributed by atoms with Gasteiger partial charge in [0.25, 0.3) is 0 Å². The van der Waals surface area contributed by atoms with Gasteiger partial charge in [-0.15, -0.1) is 0 Å². The Bertz CT molecular complexity index is 609. The third kappa shape index (κ3) is 3.98. The molecule has 0 fully saturated rings. The minimum atomic E-state index is 0.148. The van der Waals surface area contributed by atoms with Crippen molar-refractivity contribution in [3.63, 3.8) is 0 Å². The quantitative estimate of drug-likeness (QED) is 0.843. The predicted molar refractivity (Wildman–Crippen MR) is 84.5 cm³/mol. The maximum Gasteiger partial charge on any atom is 0.226 e. The molecular formula is C13H14BrClN4O. The molecule has 2 rings (SSSR count). The van der Waals surface area contributed by atoms with E-state index < -0.39 is 0 Å². The van der Waals surface area contributed by atoms with Crippen molar-refractivity contribution in [1.29, 1.82) is 0 Å². The first-order valence-corrected chi connectivity index (χ1v) is 7.27. The van der Waals surface area contributed by atoms with E-state index in [1.54, 1.807) is 18.2 Å². The zero-order chi connectivity index (χ0) is 14.5. The zero-order valence-corrected chi connectivity index (χ0v) is 13.2. The molecule has 1 heterocycles. The van der Waals surface area contributed by atoms with Crippen LogP contribution in [0.15, 0.2) is 28.7 Å². The lowest BCUT2D eigenvalue weighted by Gasteiger charge is -2.09. The minimum Gasteiger partial charge on any atom is -0.437 e. The molecule has 0 aliphatic heterocycles. The molecule has 0 amide bonds. The van der Waals surface area contributed by atoms with Crippen molar-refractivity contribution in [3.05, 3.63) is 33.8 Å². The molecule has 0 aliphatic rings. The molecular weight excluding hydrogens is 344 g/mol. The van der Waals surface area contributed by atoms with Crippen molar-refractivity contribution in [2.24, 2.45) is 0 Å². The fraction of sp³-hybridized carbons (Fsp3) is 0.231. The second kappa shape index (κ2) is 6.76. The number of rotatable bonds is 5. The number of nitrogen functional groups attached to an aromatic ring is 1. The monoisotopic (exact) mass is 356 g/mol. The van der Waals surface area contributed by atoms with Crippen LogP contribution in [-0.4, -0.2) is 16.5 Å². The molecule has 0 atom stereocenters. The molecule has 0 radical (unpaired) electrons. The lowest BCUT2D eigenvalue weighted by Crippen LogP contribution is -2.05. The van der Waals surface area contributed by atoms with Gasteiger partial charge in [0.2, 0.25) is 11.8 Å². The van der Waals surface area contributed by atoms with Crippen molar-refractivity contribution >= 4 is 39.3 Å². The van der Waals surface area contributed by atoms with Crippen LogP contribution in [0.5, 0.6) is 11.6 Å². The number of halogens is 2. The summed E-state index contributed by atoms with van der Waals surface area (Å²) >= 11 is 9.44. The fourth-order valence-electron chi connectivity index (χ4n) is 1.51. The molecule has 0 spiro atoms. The van der Waals surface area contributed by atoms with Crippen molar-refractivity contribution in [1.82, 2.24) is 9.97 Å². The molecule has 106 valence electrons. The van der Waals surface area contributed by atoms with Gasteiger partial charge in [-0.2, -0.15) is 9.97 Å². The first-order valence-electron chi connectivity index (χ1n) is 6.10. The van der Waals surface area contributed by atoms with Crippen molar-refractivity contribution in [2.45, 2.75) is 13.3 Å². The Kier molecular flexibility index (Phi) is 5.03. The molecule has 1 aromatic heterocycles. The Morgan fingerprint density at radius 1 is 1.35 bits per heavy atom. The van der Waals surface area contributed by atoms with E-state index in [-0.39, 0.29) is 5.95 Å². The Morgan fingerprint density at radius 3 is 2.85 bits per heavy atom. The van der Waals surface area contributed by atoms with Crippen LogP contribution in [0.2, 0.25) is 5.02 Å². The lowest BCUT2D eigenvalue weighted by atomic mass is 10.3. The van der Waals surface area contributed by atoms with E-state index in [1.165, 1.54) is 0 Å². The predicted octanol–water partition coefficient (Wildman–Crippen LogP) is 4.09. The van der Waals surface area contributed by atoms with Gasteiger partial charge < -0.3 is 15.8 Å². The molecule has 0 aliphatic carbocycles. The van der Waals surface area contributed by atoms with Crippen LogP contribution in [-0.2, 0) is 0 Å². The third-order valence-electron chi connectivity index (χ3n) is 2.38. The molecule has 20 heavy (non-hydrogen) atoms. The van der Waals surface area contributed by atoms with Crippen LogP contribution in [0.1, 0.15) is 13.3 Å². The van der Waals surface area contributed by atoms with Crippen LogP contribution in [0.4, 0.5) is 11.8 Å². The van der Waals surface area contributed by atoms with Crippen LogP contribution in [0.3, 0.4) is 0 Å². The SMILES string of the molecule is CCCNc1cc(Oc2ccc(Br)cc2Cl)nc(N)n1. The maximum atomic E-state index is 6.10. The molecule has 7 heteroatoms. The van der Waals surface area contributed by atoms with Gasteiger partial charge in [-0.1, -0.05) is 34.5 Å². The highest BCUT2D eigenvalue weighted by molar-refractivity contribution is 9.10. The number of hydrogen-bond acceptors (Lipinski definition) is 5. The summed E-state index contributed by atoms with van der Waals surface area (Å²) in [5.41, 5.74) is 5.66. The largest absolute Gasteiger partial charge is 0.437 e. The summed E-state index contributed by atoms with van der Waals surface area (Å²) in [7, 11) is 0. The molecule has 2 aromatic rings. The number of nitrogens with zero attached hydrogens (tertiary/aromatic N) is 2. The standard InChI is InChI=1S/C13H14BrClN4O/c1-2-5-17-11-7-12(19-13(16)18-11)20-10-4-3-8(14)6-9(10)15/h3-4,6-7H,2,5H2,1H3,(H3,16,17,18,19). The van der Waals surface area contributed by atoms with E-state index in [0.717, 1.165) is 17.4 Å². The number of hydrogen-bond donors (Lipinski definition) is 2. The van der Waals surface area contributed by atoms with Gasteiger partial charge in [0.05, 0.1) is 5.02 Å². The summed E-state index contributed by atoms with van der Waals surface area (Å²) < 4.78 is 6.52. The highest BCUT2D eigenvalue weighted by atomic mass is 79.9. The van der Waals surface area contributed by atoms with E-state index in [0.29, 0.717) is 22.5 Å². The number of ether oxygens (including phenoxy) is 1. The maximum absolute atomic E-state index is 6.10. The molecule has 0 bridgehead atoms. The first kappa shape index (κ1) is 14.9. The van der Waals surface area contributed by atoms with Crippen LogP contribution >= 0.6 is 27.5 Å². The summed E-state index contributed by atoms with van der Waals surface area (Å²) in [5.74, 6) is 1.63. The van der Waals surface area contributed by atoms with Gasteiger partial charge >= 0.3 is 0 Å². The minimum absolute atomic E-state index is 0.148. The first-order chi connectivity index (χ1) is 9.58. The van der Waals surface area contributed by atoms with Gasteiger partial charge in [-0.25, -0.2) is 0 Å². The highest BCUT2D eigenvalue weighted by Crippen LogP contribution is 2.31. The Balaban J connectivity index is 2.21. The Hall–Kier alpha value is -1.53. The normalized spacial score (nSPS) is 10.3. The second-order valence-electron chi connectivity index (χ2n) is 4.05. The van der Waals surface area contributed by atoms with Gasteiger partial charge in [0.1, 0.15) is 11.6 Å². The second-order valence-corrected chi connectivity index (χ2v) is 5.38. The van der Waals surface area contributed by atoms with Gasteiger partial charge in [-0.05, 0) is 24.6 Å². The fourth-order valence-corrected chi connectivity index (χ4v) is 2.22. The summed E-state index contributed by atoms with van der Waals surface area (Å²) in [6, 6.07) is 7.02. The molecule has 1 aromatic carbocycles. The summed E-state index contributed by atoms with van der Waals surface area (Å²) in [6.07, 6.45) is 0.985. The van der Waals surface area contributed by atoms with Crippen molar-refractivity contribution < 1.29 is 4.74 Å². The van der Waals surface area contributed by atoms with Crippen molar-refractivity contribution in [2.75, 3.05) is 17.6 Å². The number of aromatic nitrogens is 2. The smallest absolute Gasteiger partial charge is 0.226 e. The number of anilines is 2. The highest BCUT2D eigenvalue weighted by Gasteiger charge is 2.07. The summed E-state index contributed by atoms with van der Waals surface area (Å²) in [4.78, 5) is 8.12. The Morgan fingerprint density at radius 2 is 2.15 bits per heavy atom. The van der Waals surface area contributed by atoms with E-state index in [1.807, 2.05) is 6.07 Å². The average Bonchev–Trinajstić information content (AvgIpc) is 2.39. The number of benzene rings is 1. The van der Waals surface area contributed by atoms with Crippen LogP contribution in [0, 0.1) is 0 Å². The van der Waals surface area contributed by atoms with E-state index >= 15 is 0 Å². The lowest BCUT2D eigenvalue weighted by molar-refractivity contribution is 0.463. The molecule has 0 saturated carbocycles. The third-order valence-corrected chi connectivity index (χ3v) is 3.17. The number of nitrogens with one attached hydrogen (secondary N) is 1. The Labute approximate surface area is 130 Å². The van der Waals surface area contributed by atoms with Gasteiger partial charge in [-0.3, -0.25) is 0 Å². The summed E-state index contributed by atoms with van der Waals surface area (Å²) in [5, 5.41) is 3.62. The molecule has 0 unspecified atom stereocenters. The van der Waals surface area contributed by atoms with Crippen LogP contribution in [0.25, 0.3) is 0 Å².